The van der Waals surface area contributed by atoms with E-state index in [9.17, 15) is 9.59 Å². The summed E-state index contributed by atoms with van der Waals surface area (Å²) in [6.07, 6.45) is 3.59. The molecule has 0 radical (unpaired) electrons. The molecule has 33 heavy (non-hydrogen) atoms. The number of hydrogen-bond acceptors (Lipinski definition) is 7. The number of alkyl carbamates (subject to hydrolysis) is 1. The number of carbonyl (C=O) groups excluding carboxylic acids is 2. The molecule has 0 spiro atoms. The molecule has 0 saturated carbocycles. The summed E-state index contributed by atoms with van der Waals surface area (Å²) < 4.78 is 5.30. The van der Waals surface area contributed by atoms with Crippen molar-refractivity contribution < 1.29 is 14.3 Å². The summed E-state index contributed by atoms with van der Waals surface area (Å²) >= 11 is 0. The highest BCUT2D eigenvalue weighted by Crippen LogP contribution is 2.39. The van der Waals surface area contributed by atoms with Crippen LogP contribution in [0, 0.1) is 0 Å². The third kappa shape index (κ3) is 5.08. The largest absolute Gasteiger partial charge is 0.447 e. The topological polar surface area (TPSA) is 99.7 Å². The summed E-state index contributed by atoms with van der Waals surface area (Å²) in [5, 5.41) is 6.31. The molecule has 1 aromatic carbocycles. The average molecular weight is 453 g/mol. The van der Waals surface area contributed by atoms with Crippen LogP contribution in [-0.4, -0.2) is 60.3 Å². The predicted octanol–water partition coefficient (Wildman–Crippen LogP) is 2.87. The molecule has 0 bridgehead atoms. The number of piperazine rings is 1. The molecule has 2 aromatic rings. The molecule has 9 nitrogen and oxygen atoms in total. The smallest absolute Gasteiger partial charge is 0.407 e. The molecule has 9 heteroatoms. The van der Waals surface area contributed by atoms with E-state index in [0.29, 0.717) is 6.42 Å². The fourth-order valence-corrected chi connectivity index (χ4v) is 4.55. The summed E-state index contributed by atoms with van der Waals surface area (Å²) in [4.78, 5) is 37.8. The Labute approximate surface area is 194 Å². The van der Waals surface area contributed by atoms with E-state index in [1.807, 2.05) is 51.4 Å². The van der Waals surface area contributed by atoms with Crippen LogP contribution in [0.1, 0.15) is 45.7 Å². The highest BCUT2D eigenvalue weighted by atomic mass is 16.6. The van der Waals surface area contributed by atoms with Crippen LogP contribution in [0.25, 0.3) is 11.1 Å². The van der Waals surface area contributed by atoms with Gasteiger partial charge in [-0.05, 0) is 50.5 Å². The second kappa shape index (κ2) is 9.74. The van der Waals surface area contributed by atoms with Crippen LogP contribution >= 0.6 is 0 Å². The SMILES string of the molecule is CC(=O)N1c2ccc(-c3cnc(N4CCNCC4)nc3)cc2[C@H](NC(=O)OC(C)C)C[C@@H]1C. The van der Waals surface area contributed by atoms with Gasteiger partial charge in [0.15, 0.2) is 0 Å². The Kier molecular flexibility index (Phi) is 6.78. The van der Waals surface area contributed by atoms with E-state index < -0.39 is 6.09 Å². The van der Waals surface area contributed by atoms with Crippen molar-refractivity contribution in [3.05, 3.63) is 36.2 Å². The molecule has 176 valence electrons. The van der Waals surface area contributed by atoms with Crippen molar-refractivity contribution in [3.63, 3.8) is 0 Å². The number of rotatable bonds is 4. The van der Waals surface area contributed by atoms with Gasteiger partial charge in [-0.15, -0.1) is 0 Å². The Balaban J connectivity index is 1.64. The quantitative estimate of drug-likeness (QED) is 0.736. The van der Waals surface area contributed by atoms with Crippen molar-refractivity contribution in [3.8, 4) is 11.1 Å². The number of benzene rings is 1. The summed E-state index contributed by atoms with van der Waals surface area (Å²) in [5.41, 5.74) is 3.50. The van der Waals surface area contributed by atoms with Gasteiger partial charge in [0.2, 0.25) is 11.9 Å². The summed E-state index contributed by atoms with van der Waals surface area (Å²) in [7, 11) is 0. The van der Waals surface area contributed by atoms with Gasteiger partial charge < -0.3 is 25.2 Å². The van der Waals surface area contributed by atoms with E-state index in [2.05, 4.69) is 25.5 Å². The van der Waals surface area contributed by atoms with Gasteiger partial charge in [-0.1, -0.05) is 6.07 Å². The van der Waals surface area contributed by atoms with E-state index in [4.69, 9.17) is 4.74 Å². The zero-order chi connectivity index (χ0) is 23.5. The van der Waals surface area contributed by atoms with Crippen LogP contribution in [0.15, 0.2) is 30.6 Å². The second-order valence-electron chi connectivity index (χ2n) is 8.91. The molecule has 4 rings (SSSR count). The van der Waals surface area contributed by atoms with Crippen LogP contribution in [-0.2, 0) is 9.53 Å². The number of hydrogen-bond donors (Lipinski definition) is 2. The zero-order valence-corrected chi connectivity index (χ0v) is 19.7. The third-order valence-corrected chi connectivity index (χ3v) is 6.03. The van der Waals surface area contributed by atoms with Crippen LogP contribution in [0.3, 0.4) is 0 Å². The molecule has 2 aliphatic rings. The van der Waals surface area contributed by atoms with Crippen molar-refractivity contribution in [1.82, 2.24) is 20.6 Å². The van der Waals surface area contributed by atoms with Crippen molar-refractivity contribution in [1.29, 1.82) is 0 Å². The van der Waals surface area contributed by atoms with Crippen LogP contribution in [0.4, 0.5) is 16.4 Å². The standard InChI is InChI=1S/C24H32N6O3/c1-15(2)33-24(32)28-21-11-16(3)30(17(4)31)22-6-5-18(12-20(21)22)19-13-26-23(27-14-19)29-9-7-25-8-10-29/h5-6,12-16,21,25H,7-11H2,1-4H3,(H,28,32)/t16-,21+/m0/s1. The maximum atomic E-state index is 12.4. The van der Waals surface area contributed by atoms with Crippen LogP contribution in [0.5, 0.6) is 0 Å². The summed E-state index contributed by atoms with van der Waals surface area (Å²) in [5.74, 6) is 0.703. The Bertz CT molecular complexity index is 1000. The Morgan fingerprint density at radius 2 is 1.85 bits per heavy atom. The van der Waals surface area contributed by atoms with Gasteiger partial charge in [0, 0.05) is 62.8 Å². The molecule has 3 heterocycles. The molecule has 1 aromatic heterocycles. The normalized spacial score (nSPS) is 20.4. The third-order valence-electron chi connectivity index (χ3n) is 6.03. The fourth-order valence-electron chi connectivity index (χ4n) is 4.55. The zero-order valence-electron chi connectivity index (χ0n) is 19.7. The molecule has 1 saturated heterocycles. The lowest BCUT2D eigenvalue weighted by atomic mass is 9.89. The molecule has 2 atom stereocenters. The van der Waals surface area contributed by atoms with Gasteiger partial charge in [-0.2, -0.15) is 0 Å². The minimum atomic E-state index is -0.460. The van der Waals surface area contributed by atoms with Gasteiger partial charge in [-0.3, -0.25) is 4.79 Å². The molecular weight excluding hydrogens is 420 g/mol. The lowest BCUT2D eigenvalue weighted by Gasteiger charge is -2.39. The number of amides is 2. The molecule has 0 aliphatic carbocycles. The Morgan fingerprint density at radius 1 is 1.15 bits per heavy atom. The first-order chi connectivity index (χ1) is 15.8. The first-order valence-electron chi connectivity index (χ1n) is 11.5. The monoisotopic (exact) mass is 452 g/mol. The highest BCUT2D eigenvalue weighted by molar-refractivity contribution is 5.94. The van der Waals surface area contributed by atoms with Crippen molar-refractivity contribution in [2.24, 2.45) is 0 Å². The molecule has 1 fully saturated rings. The minimum Gasteiger partial charge on any atom is -0.447 e. The fraction of sp³-hybridized carbons (Fsp3) is 0.500. The summed E-state index contributed by atoms with van der Waals surface area (Å²) in [6.45, 7) is 10.8. The van der Waals surface area contributed by atoms with E-state index in [1.54, 1.807) is 11.8 Å². The lowest BCUT2D eigenvalue weighted by Crippen LogP contribution is -2.45. The van der Waals surface area contributed by atoms with Gasteiger partial charge in [0.05, 0.1) is 12.1 Å². The van der Waals surface area contributed by atoms with Gasteiger partial charge >= 0.3 is 6.09 Å². The molecule has 2 N–H and O–H groups in total. The number of nitrogens with one attached hydrogen (secondary N) is 2. The number of aromatic nitrogens is 2. The number of anilines is 2. The maximum absolute atomic E-state index is 12.4. The minimum absolute atomic E-state index is 0.0246. The predicted molar refractivity (Wildman–Crippen MR) is 127 cm³/mol. The van der Waals surface area contributed by atoms with Gasteiger partial charge in [0.1, 0.15) is 0 Å². The average Bonchev–Trinajstić information content (AvgIpc) is 2.79. The molecule has 0 unspecified atom stereocenters. The number of nitrogens with zero attached hydrogens (tertiary/aromatic N) is 4. The van der Waals surface area contributed by atoms with E-state index in [-0.39, 0.29) is 24.1 Å². The van der Waals surface area contributed by atoms with Crippen molar-refractivity contribution >= 4 is 23.6 Å². The van der Waals surface area contributed by atoms with E-state index >= 15 is 0 Å². The first-order valence-corrected chi connectivity index (χ1v) is 11.5. The molecule has 2 aliphatic heterocycles. The van der Waals surface area contributed by atoms with Gasteiger partial charge in [-0.25, -0.2) is 14.8 Å². The van der Waals surface area contributed by atoms with Crippen molar-refractivity contribution in [2.75, 3.05) is 36.0 Å². The lowest BCUT2D eigenvalue weighted by molar-refractivity contribution is -0.117. The number of fused-ring (bicyclic) bond motifs is 1. The second-order valence-corrected chi connectivity index (χ2v) is 8.91. The van der Waals surface area contributed by atoms with Gasteiger partial charge in [0.25, 0.3) is 0 Å². The van der Waals surface area contributed by atoms with Crippen LogP contribution < -0.4 is 20.4 Å². The van der Waals surface area contributed by atoms with Crippen LogP contribution in [0.2, 0.25) is 0 Å². The Hall–Kier alpha value is -3.20. The summed E-state index contributed by atoms with van der Waals surface area (Å²) in [6, 6.07) is 5.61. The Morgan fingerprint density at radius 3 is 2.48 bits per heavy atom. The van der Waals surface area contributed by atoms with E-state index in [1.165, 1.54) is 0 Å². The van der Waals surface area contributed by atoms with Crippen molar-refractivity contribution in [2.45, 2.75) is 52.3 Å². The maximum Gasteiger partial charge on any atom is 0.407 e. The number of carbonyl (C=O) groups is 2. The first kappa shape index (κ1) is 23.0. The molecular formula is C24H32N6O3. The van der Waals surface area contributed by atoms with E-state index in [0.717, 1.165) is 54.5 Å². The highest BCUT2D eigenvalue weighted by Gasteiger charge is 2.33. The molecule has 2 amide bonds. The number of ether oxygens (including phenoxy) is 1.